The van der Waals surface area contributed by atoms with E-state index in [1.807, 2.05) is 34.4 Å². The summed E-state index contributed by atoms with van der Waals surface area (Å²) >= 11 is 8.09. The van der Waals surface area contributed by atoms with Gasteiger partial charge in [-0.25, -0.2) is 17.7 Å². The van der Waals surface area contributed by atoms with Crippen LogP contribution in [0.1, 0.15) is 18.3 Å². The minimum atomic E-state index is -3.50. The van der Waals surface area contributed by atoms with Gasteiger partial charge in [0.2, 0.25) is 10.0 Å². The molecule has 2 heterocycles. The minimum absolute atomic E-state index is 0.218. The molecule has 3 aromatic rings. The number of hydrogen-bond acceptors (Lipinski definition) is 4. The lowest BCUT2D eigenvalue weighted by molar-refractivity contribution is 0.521. The van der Waals surface area contributed by atoms with E-state index in [-0.39, 0.29) is 4.90 Å². The summed E-state index contributed by atoms with van der Waals surface area (Å²) in [6.07, 6.45) is 1.86. The number of sulfonamides is 1. The number of aromatic nitrogens is 2. The van der Waals surface area contributed by atoms with Crippen LogP contribution in [-0.4, -0.2) is 36.4 Å². The molecule has 0 aliphatic rings. The second-order valence-electron chi connectivity index (χ2n) is 5.67. The van der Waals surface area contributed by atoms with Crippen LogP contribution in [0.25, 0.3) is 22.1 Å². The first-order valence-corrected chi connectivity index (χ1v) is 10.4. The van der Waals surface area contributed by atoms with Crippen molar-refractivity contribution in [2.75, 3.05) is 14.1 Å². The number of aryl methyl sites for hydroxylation is 1. The number of rotatable bonds is 5. The third-order valence-corrected chi connectivity index (χ3v) is 6.66. The van der Waals surface area contributed by atoms with E-state index in [1.165, 1.54) is 18.4 Å². The highest BCUT2D eigenvalue weighted by atomic mass is 35.5. The summed E-state index contributed by atoms with van der Waals surface area (Å²) in [5.41, 5.74) is 2.48. The predicted molar refractivity (Wildman–Crippen MR) is 104 cm³/mol. The summed E-state index contributed by atoms with van der Waals surface area (Å²) < 4.78 is 27.8. The Kier molecular flexibility index (Phi) is 5.02. The Morgan fingerprint density at radius 1 is 1.36 bits per heavy atom. The van der Waals surface area contributed by atoms with Crippen LogP contribution < -0.4 is 0 Å². The minimum Gasteiger partial charge on any atom is -0.324 e. The van der Waals surface area contributed by atoms with Crippen LogP contribution in [0.3, 0.4) is 0 Å². The summed E-state index contributed by atoms with van der Waals surface area (Å²) in [7, 11) is -0.482. The van der Waals surface area contributed by atoms with Crippen LogP contribution in [0.2, 0.25) is 0 Å². The smallest absolute Gasteiger partial charge is 0.242 e. The predicted octanol–water partition coefficient (Wildman–Crippen LogP) is 4.10. The number of nitrogens with zero attached hydrogens (tertiary/aromatic N) is 3. The Labute approximate surface area is 156 Å². The van der Waals surface area contributed by atoms with Gasteiger partial charge in [-0.1, -0.05) is 11.6 Å². The quantitative estimate of drug-likeness (QED) is 0.653. The van der Waals surface area contributed by atoms with Gasteiger partial charge in [-0.15, -0.1) is 0 Å². The molecule has 0 unspecified atom stereocenters. The third kappa shape index (κ3) is 3.37. The fourth-order valence-corrected chi connectivity index (χ4v) is 4.36. The summed E-state index contributed by atoms with van der Waals surface area (Å²) in [6.45, 7) is 2.68. The van der Waals surface area contributed by atoms with Gasteiger partial charge in [0.15, 0.2) is 5.82 Å². The maximum absolute atomic E-state index is 12.3. The first-order chi connectivity index (χ1) is 11.8. The van der Waals surface area contributed by atoms with Crippen molar-refractivity contribution >= 4 is 55.1 Å². The molecule has 0 aliphatic heterocycles. The summed E-state index contributed by atoms with van der Waals surface area (Å²) in [4.78, 5) is 4.80. The lowest BCUT2D eigenvalue weighted by atomic mass is 10.3. The fourth-order valence-electron chi connectivity index (χ4n) is 2.55. The van der Waals surface area contributed by atoms with Crippen LogP contribution in [-0.2, 0) is 16.6 Å². The lowest BCUT2D eigenvalue weighted by Gasteiger charge is -2.11. The zero-order chi connectivity index (χ0) is 18.2. The van der Waals surface area contributed by atoms with Crippen molar-refractivity contribution < 1.29 is 8.42 Å². The first kappa shape index (κ1) is 18.1. The molecule has 0 radical (unpaired) electrons. The Morgan fingerprint density at radius 3 is 2.72 bits per heavy atom. The molecule has 0 atom stereocenters. The summed E-state index contributed by atoms with van der Waals surface area (Å²) in [6, 6.07) is 6.95. The van der Waals surface area contributed by atoms with E-state index in [1.54, 1.807) is 29.5 Å². The monoisotopic (exact) mass is 395 g/mol. The van der Waals surface area contributed by atoms with Gasteiger partial charge in [-0.3, -0.25) is 0 Å². The maximum atomic E-state index is 12.3. The van der Waals surface area contributed by atoms with E-state index in [0.29, 0.717) is 22.9 Å². The van der Waals surface area contributed by atoms with Gasteiger partial charge in [0.1, 0.15) is 0 Å². The highest BCUT2D eigenvalue weighted by Gasteiger charge is 2.20. The molecular weight excluding hydrogens is 378 g/mol. The number of fused-ring (bicyclic) bond motifs is 1. The zero-order valence-corrected chi connectivity index (χ0v) is 16.5. The molecule has 0 aliphatic carbocycles. The van der Waals surface area contributed by atoms with Crippen LogP contribution >= 0.6 is 22.9 Å². The molecule has 0 N–H and O–H groups in total. The Morgan fingerprint density at radius 2 is 2.12 bits per heavy atom. The molecule has 132 valence electrons. The normalized spacial score (nSPS) is 13.1. The lowest BCUT2D eigenvalue weighted by Crippen LogP contribution is -2.22. The van der Waals surface area contributed by atoms with E-state index in [2.05, 4.69) is 4.98 Å². The molecule has 0 saturated heterocycles. The molecule has 0 fully saturated rings. The van der Waals surface area contributed by atoms with Crippen LogP contribution in [0, 0.1) is 0 Å². The van der Waals surface area contributed by atoms with Crippen LogP contribution in [0.4, 0.5) is 0 Å². The second kappa shape index (κ2) is 6.92. The number of halogens is 1. The van der Waals surface area contributed by atoms with Crippen molar-refractivity contribution in [3.63, 3.8) is 0 Å². The second-order valence-corrected chi connectivity index (χ2v) is 9.01. The SMILES string of the molecule is CCn1c(/C(Cl)=C/c2ccsc2)nc2cc(S(=O)(=O)N(C)C)ccc21. The number of imidazole rings is 1. The largest absolute Gasteiger partial charge is 0.324 e. The van der Waals surface area contributed by atoms with Gasteiger partial charge < -0.3 is 4.57 Å². The molecule has 1 aromatic carbocycles. The summed E-state index contributed by atoms with van der Waals surface area (Å²) in [5, 5.41) is 4.51. The van der Waals surface area contributed by atoms with Crippen molar-refractivity contribution in [3.05, 3.63) is 46.4 Å². The van der Waals surface area contributed by atoms with Gasteiger partial charge in [0.25, 0.3) is 0 Å². The Hall–Kier alpha value is -1.67. The van der Waals surface area contributed by atoms with Gasteiger partial charge in [0, 0.05) is 20.6 Å². The van der Waals surface area contributed by atoms with Crippen molar-refractivity contribution in [1.82, 2.24) is 13.9 Å². The molecule has 0 bridgehead atoms. The fraction of sp³-hybridized carbons (Fsp3) is 0.235. The van der Waals surface area contributed by atoms with Gasteiger partial charge in [-0.2, -0.15) is 11.3 Å². The average Bonchev–Trinajstić information content (AvgIpc) is 3.20. The number of thiophene rings is 1. The molecule has 8 heteroatoms. The van der Waals surface area contributed by atoms with Gasteiger partial charge >= 0.3 is 0 Å². The third-order valence-electron chi connectivity index (χ3n) is 3.86. The molecule has 25 heavy (non-hydrogen) atoms. The van der Waals surface area contributed by atoms with Crippen molar-refractivity contribution in [2.45, 2.75) is 18.4 Å². The maximum Gasteiger partial charge on any atom is 0.242 e. The first-order valence-electron chi connectivity index (χ1n) is 7.67. The molecule has 2 aromatic heterocycles. The van der Waals surface area contributed by atoms with Crippen molar-refractivity contribution in [3.8, 4) is 0 Å². The number of hydrogen-bond donors (Lipinski definition) is 0. The molecule has 5 nitrogen and oxygen atoms in total. The molecular formula is C17H18ClN3O2S2. The van der Waals surface area contributed by atoms with Crippen LogP contribution in [0.15, 0.2) is 39.9 Å². The Bertz CT molecular complexity index is 1040. The number of benzene rings is 1. The topological polar surface area (TPSA) is 55.2 Å². The van der Waals surface area contributed by atoms with E-state index in [9.17, 15) is 8.42 Å². The van der Waals surface area contributed by atoms with E-state index < -0.39 is 10.0 Å². The zero-order valence-electron chi connectivity index (χ0n) is 14.1. The summed E-state index contributed by atoms with van der Waals surface area (Å²) in [5.74, 6) is 0.629. The standard InChI is InChI=1S/C17H18ClN3O2S2/c1-4-21-16-6-5-13(25(22,23)20(2)3)10-15(16)19-17(21)14(18)9-12-7-8-24-11-12/h5-11H,4H2,1-3H3/b14-9-. The molecule has 3 rings (SSSR count). The van der Waals surface area contributed by atoms with Crippen LogP contribution in [0.5, 0.6) is 0 Å². The highest BCUT2D eigenvalue weighted by Crippen LogP contribution is 2.28. The Balaban J connectivity index is 2.15. The molecule has 0 spiro atoms. The van der Waals surface area contributed by atoms with E-state index in [0.717, 1.165) is 11.1 Å². The highest BCUT2D eigenvalue weighted by molar-refractivity contribution is 7.89. The van der Waals surface area contributed by atoms with E-state index in [4.69, 9.17) is 11.6 Å². The molecule has 0 amide bonds. The van der Waals surface area contributed by atoms with Gasteiger partial charge in [-0.05, 0) is 53.6 Å². The van der Waals surface area contributed by atoms with E-state index >= 15 is 0 Å². The average molecular weight is 396 g/mol. The molecule has 0 saturated carbocycles. The van der Waals surface area contributed by atoms with Gasteiger partial charge in [0.05, 0.1) is 21.0 Å². The van der Waals surface area contributed by atoms with Crippen molar-refractivity contribution in [2.24, 2.45) is 0 Å². The van der Waals surface area contributed by atoms with Crippen molar-refractivity contribution in [1.29, 1.82) is 0 Å².